The highest BCUT2D eigenvalue weighted by molar-refractivity contribution is 7.98. The third-order valence-electron chi connectivity index (χ3n) is 4.33. The molecule has 0 radical (unpaired) electrons. The molecule has 27 heavy (non-hydrogen) atoms. The first-order valence-corrected chi connectivity index (χ1v) is 9.76. The average molecular weight is 379 g/mol. The Morgan fingerprint density at radius 1 is 1.11 bits per heavy atom. The summed E-state index contributed by atoms with van der Waals surface area (Å²) in [5.41, 5.74) is 3.44. The van der Waals surface area contributed by atoms with Gasteiger partial charge in [-0.15, -0.1) is 11.8 Å². The summed E-state index contributed by atoms with van der Waals surface area (Å²) in [6, 6.07) is 16.1. The third-order valence-corrected chi connectivity index (χ3v) is 5.01. The number of fused-ring (bicyclic) bond motifs is 1. The number of nitriles is 1. The van der Waals surface area contributed by atoms with Crippen LogP contribution >= 0.6 is 11.8 Å². The molecule has 1 N–H and O–H groups in total. The van der Waals surface area contributed by atoms with Crippen LogP contribution in [0.2, 0.25) is 0 Å². The van der Waals surface area contributed by atoms with Crippen molar-refractivity contribution in [2.45, 2.75) is 11.4 Å². The van der Waals surface area contributed by atoms with Crippen molar-refractivity contribution in [3.8, 4) is 17.6 Å². The number of methoxy groups -OCH3 is 2. The van der Waals surface area contributed by atoms with E-state index in [2.05, 4.69) is 16.4 Å². The summed E-state index contributed by atoms with van der Waals surface area (Å²) in [4.78, 5) is 4.60. The Labute approximate surface area is 163 Å². The molecule has 0 spiro atoms. The van der Waals surface area contributed by atoms with Crippen molar-refractivity contribution in [1.29, 1.82) is 5.26 Å². The van der Waals surface area contributed by atoms with Gasteiger partial charge in [0.15, 0.2) is 11.5 Å². The number of aromatic nitrogens is 1. The molecule has 0 aliphatic carbocycles. The van der Waals surface area contributed by atoms with Crippen LogP contribution in [-0.2, 0) is 6.42 Å². The fourth-order valence-electron chi connectivity index (χ4n) is 2.99. The molecular weight excluding hydrogens is 358 g/mol. The standard InChI is InChI=1S/C21H21N3O2S/c1-25-18-9-8-14(12-19(18)26-2)10-11-23-20-15-6-4-5-7-17(15)24-21(27-3)16(20)13-22/h4-9,12H,10-11H2,1-3H3,(H,23,24). The lowest BCUT2D eigenvalue weighted by atomic mass is 10.1. The number of hydrogen-bond donors (Lipinski definition) is 1. The lowest BCUT2D eigenvalue weighted by Gasteiger charge is -2.14. The number of para-hydroxylation sites is 1. The zero-order chi connectivity index (χ0) is 19.2. The van der Waals surface area contributed by atoms with Crippen molar-refractivity contribution in [1.82, 2.24) is 4.98 Å². The molecule has 0 amide bonds. The van der Waals surface area contributed by atoms with Gasteiger partial charge in [0.05, 0.1) is 25.4 Å². The van der Waals surface area contributed by atoms with E-state index in [9.17, 15) is 5.26 Å². The molecule has 5 nitrogen and oxygen atoms in total. The summed E-state index contributed by atoms with van der Waals surface area (Å²) in [5.74, 6) is 1.43. The quantitative estimate of drug-likeness (QED) is 0.610. The van der Waals surface area contributed by atoms with Gasteiger partial charge in [0.1, 0.15) is 16.7 Å². The van der Waals surface area contributed by atoms with Crippen molar-refractivity contribution >= 4 is 28.4 Å². The molecule has 1 heterocycles. The molecule has 3 rings (SSSR count). The summed E-state index contributed by atoms with van der Waals surface area (Å²) in [5, 5.41) is 14.8. The number of nitrogens with zero attached hydrogens (tertiary/aromatic N) is 2. The SMILES string of the molecule is COc1ccc(CCNc2c(C#N)c(SC)nc3ccccc23)cc1OC. The maximum absolute atomic E-state index is 9.66. The molecule has 6 heteroatoms. The first-order valence-electron chi connectivity index (χ1n) is 8.53. The van der Waals surface area contributed by atoms with E-state index in [1.54, 1.807) is 14.2 Å². The summed E-state index contributed by atoms with van der Waals surface area (Å²) in [6.07, 6.45) is 2.72. The van der Waals surface area contributed by atoms with Gasteiger partial charge in [-0.3, -0.25) is 0 Å². The Bertz CT molecular complexity index is 999. The molecule has 0 aliphatic heterocycles. The minimum atomic E-state index is 0.591. The van der Waals surface area contributed by atoms with Crippen LogP contribution in [0.1, 0.15) is 11.1 Å². The number of nitrogens with one attached hydrogen (secondary N) is 1. The van der Waals surface area contributed by atoms with E-state index < -0.39 is 0 Å². The normalized spacial score (nSPS) is 10.4. The lowest BCUT2D eigenvalue weighted by molar-refractivity contribution is 0.354. The van der Waals surface area contributed by atoms with E-state index in [1.165, 1.54) is 11.8 Å². The average Bonchev–Trinajstić information content (AvgIpc) is 2.72. The first-order chi connectivity index (χ1) is 13.2. The van der Waals surface area contributed by atoms with Crippen molar-refractivity contribution in [3.05, 3.63) is 53.6 Å². The van der Waals surface area contributed by atoms with E-state index in [-0.39, 0.29) is 0 Å². The van der Waals surface area contributed by atoms with Crippen LogP contribution < -0.4 is 14.8 Å². The van der Waals surface area contributed by atoms with Crippen molar-refractivity contribution < 1.29 is 9.47 Å². The second-order valence-corrected chi connectivity index (χ2v) is 6.66. The molecule has 1 aromatic heterocycles. The van der Waals surface area contributed by atoms with Crippen LogP contribution in [0.4, 0.5) is 5.69 Å². The number of rotatable bonds is 7. The Kier molecular flexibility index (Phi) is 6.05. The van der Waals surface area contributed by atoms with E-state index in [4.69, 9.17) is 9.47 Å². The van der Waals surface area contributed by atoms with E-state index in [0.717, 1.165) is 33.6 Å². The van der Waals surface area contributed by atoms with Crippen molar-refractivity contribution in [2.24, 2.45) is 0 Å². The summed E-state index contributed by atoms with van der Waals surface area (Å²) >= 11 is 1.48. The van der Waals surface area contributed by atoms with Gasteiger partial charge in [0.25, 0.3) is 0 Å². The van der Waals surface area contributed by atoms with Crippen LogP contribution in [0.3, 0.4) is 0 Å². The number of benzene rings is 2. The molecule has 2 aromatic carbocycles. The summed E-state index contributed by atoms with van der Waals surface area (Å²) < 4.78 is 10.6. The molecular formula is C21H21N3O2S. The minimum Gasteiger partial charge on any atom is -0.493 e. The third kappa shape index (κ3) is 3.93. The van der Waals surface area contributed by atoms with Crippen molar-refractivity contribution in [2.75, 3.05) is 32.3 Å². The Balaban J connectivity index is 1.86. The monoisotopic (exact) mass is 379 g/mol. The number of hydrogen-bond acceptors (Lipinski definition) is 6. The number of pyridine rings is 1. The first kappa shape index (κ1) is 18.9. The van der Waals surface area contributed by atoms with Gasteiger partial charge in [-0.05, 0) is 36.4 Å². The Morgan fingerprint density at radius 3 is 2.59 bits per heavy atom. The highest BCUT2D eigenvalue weighted by Gasteiger charge is 2.14. The van der Waals surface area contributed by atoms with E-state index >= 15 is 0 Å². The zero-order valence-electron chi connectivity index (χ0n) is 15.6. The van der Waals surface area contributed by atoms with Gasteiger partial charge < -0.3 is 14.8 Å². The molecule has 0 unspecified atom stereocenters. The molecule has 0 bridgehead atoms. The van der Waals surface area contributed by atoms with Crippen LogP contribution in [0.5, 0.6) is 11.5 Å². The lowest BCUT2D eigenvalue weighted by Crippen LogP contribution is -2.08. The number of anilines is 1. The molecule has 3 aromatic rings. The van der Waals surface area contributed by atoms with Gasteiger partial charge in [-0.2, -0.15) is 5.26 Å². The summed E-state index contributed by atoms with van der Waals surface area (Å²) in [6.45, 7) is 0.686. The maximum atomic E-state index is 9.66. The van der Waals surface area contributed by atoms with Crippen LogP contribution in [0.25, 0.3) is 10.9 Å². The molecule has 0 saturated carbocycles. The predicted octanol–water partition coefficient (Wildman–Crippen LogP) is 4.50. The van der Waals surface area contributed by atoms with Gasteiger partial charge in [0.2, 0.25) is 0 Å². The number of thioether (sulfide) groups is 1. The molecule has 0 aliphatic rings. The van der Waals surface area contributed by atoms with Gasteiger partial charge in [-0.1, -0.05) is 24.3 Å². The fourth-order valence-corrected chi connectivity index (χ4v) is 3.53. The molecule has 0 saturated heterocycles. The van der Waals surface area contributed by atoms with E-state index in [1.807, 2.05) is 48.7 Å². The summed E-state index contributed by atoms with van der Waals surface area (Å²) in [7, 11) is 3.26. The van der Waals surface area contributed by atoms with Gasteiger partial charge in [0, 0.05) is 11.9 Å². The molecule has 0 atom stereocenters. The van der Waals surface area contributed by atoms with Gasteiger partial charge in [-0.25, -0.2) is 4.98 Å². The highest BCUT2D eigenvalue weighted by atomic mass is 32.2. The minimum absolute atomic E-state index is 0.591. The second-order valence-electron chi connectivity index (χ2n) is 5.87. The smallest absolute Gasteiger partial charge is 0.160 e. The Hall–Kier alpha value is -2.91. The van der Waals surface area contributed by atoms with E-state index in [0.29, 0.717) is 23.6 Å². The molecule has 0 fully saturated rings. The largest absolute Gasteiger partial charge is 0.493 e. The maximum Gasteiger partial charge on any atom is 0.160 e. The predicted molar refractivity (Wildman–Crippen MR) is 110 cm³/mol. The zero-order valence-corrected chi connectivity index (χ0v) is 16.4. The van der Waals surface area contributed by atoms with Crippen LogP contribution in [0, 0.1) is 11.3 Å². The highest BCUT2D eigenvalue weighted by Crippen LogP contribution is 2.32. The topological polar surface area (TPSA) is 67.2 Å². The molecule has 138 valence electrons. The van der Waals surface area contributed by atoms with Crippen LogP contribution in [-0.4, -0.2) is 32.0 Å². The van der Waals surface area contributed by atoms with Gasteiger partial charge >= 0.3 is 0 Å². The number of ether oxygens (including phenoxy) is 2. The Morgan fingerprint density at radius 2 is 1.89 bits per heavy atom. The van der Waals surface area contributed by atoms with Crippen LogP contribution in [0.15, 0.2) is 47.5 Å². The fraction of sp³-hybridized carbons (Fsp3) is 0.238. The van der Waals surface area contributed by atoms with Crippen molar-refractivity contribution in [3.63, 3.8) is 0 Å². The second kappa shape index (κ2) is 8.65.